The molecule has 1 aromatic rings. The van der Waals surface area contributed by atoms with E-state index in [2.05, 4.69) is 18.2 Å². The van der Waals surface area contributed by atoms with E-state index in [0.29, 0.717) is 79.7 Å². The summed E-state index contributed by atoms with van der Waals surface area (Å²) in [5.41, 5.74) is 1.64. The van der Waals surface area contributed by atoms with Gasteiger partial charge < -0.3 is 33.2 Å². The normalized spacial score (nSPS) is 26.5. The fourth-order valence-corrected chi connectivity index (χ4v) is 3.71. The van der Waals surface area contributed by atoms with Gasteiger partial charge in [-0.15, -0.1) is 0 Å². The van der Waals surface area contributed by atoms with Gasteiger partial charge in [-0.2, -0.15) is 0 Å². The Morgan fingerprint density at radius 3 is 1.41 bits per heavy atom. The lowest BCUT2D eigenvalue weighted by Gasteiger charge is -2.39. The van der Waals surface area contributed by atoms with Gasteiger partial charge in [0.2, 0.25) is 0 Å². The number of hydrogen-bond acceptors (Lipinski definition) is 7. The Kier molecular flexibility index (Phi) is 6.39. The standard InChI is InChI=1S/C20H28O7/c1-2-17-4-18(3-1)6-22-8-20(13-26-16-27-14-20)10-23-9-19(7-21-5-17)11-24-15-25-12-19/h1-4H,5-16H2. The lowest BCUT2D eigenvalue weighted by molar-refractivity contribution is -0.222. The third kappa shape index (κ3) is 5.06. The maximum Gasteiger partial charge on any atom is 0.146 e. The van der Waals surface area contributed by atoms with Gasteiger partial charge in [-0.1, -0.05) is 24.3 Å². The van der Waals surface area contributed by atoms with Gasteiger partial charge >= 0.3 is 0 Å². The monoisotopic (exact) mass is 380 g/mol. The molecule has 2 fully saturated rings. The molecule has 7 nitrogen and oxygen atoms in total. The van der Waals surface area contributed by atoms with Crippen LogP contribution in [0.1, 0.15) is 11.1 Å². The molecular weight excluding hydrogens is 352 g/mol. The maximum atomic E-state index is 6.14. The Balaban J connectivity index is 1.51. The van der Waals surface area contributed by atoms with Crippen LogP contribution in [0.5, 0.6) is 0 Å². The fourth-order valence-electron chi connectivity index (χ4n) is 3.71. The summed E-state index contributed by atoms with van der Waals surface area (Å²) in [5.74, 6) is 0. The minimum absolute atomic E-state index is 0.307. The molecule has 150 valence electrons. The predicted molar refractivity (Wildman–Crippen MR) is 95.0 cm³/mol. The first-order valence-electron chi connectivity index (χ1n) is 9.40. The first-order valence-corrected chi connectivity index (χ1v) is 9.40. The van der Waals surface area contributed by atoms with E-state index in [0.717, 1.165) is 11.1 Å². The SMILES string of the molecule is c1cc2cc(c1)COCC1(COCOC1)COCC1(COCOC1)COC2. The molecule has 27 heavy (non-hydrogen) atoms. The van der Waals surface area contributed by atoms with Crippen LogP contribution in [0.25, 0.3) is 0 Å². The van der Waals surface area contributed by atoms with Crippen molar-refractivity contribution in [3.05, 3.63) is 35.4 Å². The minimum Gasteiger partial charge on any atom is -0.380 e. The van der Waals surface area contributed by atoms with Crippen LogP contribution < -0.4 is 0 Å². The van der Waals surface area contributed by atoms with Gasteiger partial charge in [-0.05, 0) is 11.1 Å². The van der Waals surface area contributed by atoms with Crippen molar-refractivity contribution in [1.82, 2.24) is 0 Å². The Morgan fingerprint density at radius 1 is 0.519 bits per heavy atom. The van der Waals surface area contributed by atoms with E-state index >= 15 is 0 Å². The number of hydrogen-bond donors (Lipinski definition) is 0. The highest BCUT2D eigenvalue weighted by atomic mass is 16.7. The van der Waals surface area contributed by atoms with Crippen molar-refractivity contribution in [2.24, 2.45) is 10.8 Å². The molecule has 3 heterocycles. The molecule has 0 radical (unpaired) electrons. The highest BCUT2D eigenvalue weighted by Gasteiger charge is 2.39. The summed E-state index contributed by atoms with van der Waals surface area (Å²) in [6.45, 7) is 6.00. The average molecular weight is 380 g/mol. The first kappa shape index (κ1) is 19.3. The maximum absolute atomic E-state index is 6.14. The molecule has 0 amide bonds. The van der Waals surface area contributed by atoms with E-state index in [9.17, 15) is 0 Å². The smallest absolute Gasteiger partial charge is 0.146 e. The predicted octanol–water partition coefficient (Wildman–Crippen LogP) is 1.73. The molecule has 0 unspecified atom stereocenters. The lowest BCUT2D eigenvalue weighted by Crippen LogP contribution is -2.48. The quantitative estimate of drug-likeness (QED) is 0.679. The van der Waals surface area contributed by atoms with E-state index in [1.807, 2.05) is 6.07 Å². The Labute approximate surface area is 159 Å². The number of fused-ring (bicyclic) bond motifs is 2. The molecule has 0 aliphatic carbocycles. The van der Waals surface area contributed by atoms with Crippen molar-refractivity contribution in [2.45, 2.75) is 13.2 Å². The van der Waals surface area contributed by atoms with Crippen molar-refractivity contribution < 1.29 is 33.2 Å². The molecule has 3 aliphatic rings. The summed E-state index contributed by atoms with van der Waals surface area (Å²) in [7, 11) is 0. The van der Waals surface area contributed by atoms with Crippen molar-refractivity contribution in [2.75, 3.05) is 66.4 Å². The summed E-state index contributed by atoms with van der Waals surface area (Å²) >= 11 is 0. The van der Waals surface area contributed by atoms with Gasteiger partial charge in [0.25, 0.3) is 0 Å². The van der Waals surface area contributed by atoms with Crippen LogP contribution in [0, 0.1) is 10.8 Å². The zero-order valence-corrected chi connectivity index (χ0v) is 15.7. The molecule has 2 bridgehead atoms. The molecule has 0 atom stereocenters. The van der Waals surface area contributed by atoms with E-state index < -0.39 is 0 Å². The van der Waals surface area contributed by atoms with Crippen molar-refractivity contribution in [1.29, 1.82) is 0 Å². The van der Waals surface area contributed by atoms with Crippen LogP contribution in [0.2, 0.25) is 0 Å². The topological polar surface area (TPSA) is 64.6 Å². The second-order valence-electron chi connectivity index (χ2n) is 7.93. The van der Waals surface area contributed by atoms with Crippen LogP contribution >= 0.6 is 0 Å². The molecule has 1 aromatic carbocycles. The molecular formula is C20H28O7. The number of ether oxygens (including phenoxy) is 7. The molecule has 0 aromatic heterocycles. The second kappa shape index (κ2) is 8.96. The minimum atomic E-state index is -0.307. The average Bonchev–Trinajstić information content (AvgIpc) is 2.69. The largest absolute Gasteiger partial charge is 0.380 e. The van der Waals surface area contributed by atoms with Gasteiger partial charge in [0.1, 0.15) is 13.6 Å². The van der Waals surface area contributed by atoms with E-state index in [1.165, 1.54) is 0 Å². The van der Waals surface area contributed by atoms with Crippen LogP contribution in [-0.4, -0.2) is 66.4 Å². The summed E-state index contributed by atoms with van der Waals surface area (Å²) in [6.07, 6.45) is 0. The summed E-state index contributed by atoms with van der Waals surface area (Å²) in [4.78, 5) is 0. The van der Waals surface area contributed by atoms with Gasteiger partial charge in [0, 0.05) is 0 Å². The second-order valence-corrected chi connectivity index (χ2v) is 7.93. The summed E-state index contributed by atoms with van der Waals surface area (Å²) in [6, 6.07) is 8.30. The highest BCUT2D eigenvalue weighted by molar-refractivity contribution is 5.22. The zero-order valence-electron chi connectivity index (χ0n) is 15.7. The number of benzene rings is 1. The molecule has 2 spiro atoms. The first-order chi connectivity index (χ1) is 13.3. The molecule has 4 rings (SSSR count). The molecule has 7 heteroatoms. The third-order valence-electron chi connectivity index (χ3n) is 5.13. The summed E-state index contributed by atoms with van der Waals surface area (Å²) < 4.78 is 40.4. The van der Waals surface area contributed by atoms with E-state index in [-0.39, 0.29) is 10.8 Å². The third-order valence-corrected chi connectivity index (χ3v) is 5.13. The molecule has 0 N–H and O–H groups in total. The van der Waals surface area contributed by atoms with Gasteiger partial charge in [0.15, 0.2) is 0 Å². The lowest BCUT2D eigenvalue weighted by atomic mass is 9.90. The Hall–Kier alpha value is -1.06. The fraction of sp³-hybridized carbons (Fsp3) is 0.700. The number of rotatable bonds is 0. The van der Waals surface area contributed by atoms with E-state index in [1.54, 1.807) is 0 Å². The van der Waals surface area contributed by atoms with Crippen molar-refractivity contribution >= 4 is 0 Å². The Bertz CT molecular complexity index is 546. The Morgan fingerprint density at radius 2 is 0.926 bits per heavy atom. The zero-order chi connectivity index (χ0) is 18.4. The van der Waals surface area contributed by atoms with Crippen molar-refractivity contribution in [3.8, 4) is 0 Å². The molecule has 0 saturated carbocycles. The van der Waals surface area contributed by atoms with Crippen molar-refractivity contribution in [3.63, 3.8) is 0 Å². The van der Waals surface area contributed by atoms with Crippen LogP contribution in [0.4, 0.5) is 0 Å². The van der Waals surface area contributed by atoms with Gasteiger partial charge in [0.05, 0.1) is 76.9 Å². The van der Waals surface area contributed by atoms with Crippen LogP contribution in [-0.2, 0) is 46.4 Å². The van der Waals surface area contributed by atoms with Gasteiger partial charge in [-0.3, -0.25) is 0 Å². The van der Waals surface area contributed by atoms with E-state index in [4.69, 9.17) is 33.2 Å². The van der Waals surface area contributed by atoms with Gasteiger partial charge in [-0.25, -0.2) is 0 Å². The van der Waals surface area contributed by atoms with Crippen LogP contribution in [0.3, 0.4) is 0 Å². The molecule has 2 saturated heterocycles. The van der Waals surface area contributed by atoms with Crippen LogP contribution in [0.15, 0.2) is 24.3 Å². The molecule has 3 aliphatic heterocycles. The highest BCUT2D eigenvalue weighted by Crippen LogP contribution is 2.28. The summed E-state index contributed by atoms with van der Waals surface area (Å²) in [5, 5.41) is 0.